The number of hydrogen-bond donors (Lipinski definition) is 6. The van der Waals surface area contributed by atoms with Gasteiger partial charge in [-0.1, -0.05) is 0 Å². The fourth-order valence-corrected chi connectivity index (χ4v) is 8.67. The number of amides is 4. The van der Waals surface area contributed by atoms with E-state index in [0.29, 0.717) is 25.9 Å². The summed E-state index contributed by atoms with van der Waals surface area (Å²) in [6, 6.07) is -1.13. The molecule has 4 rings (SSSR count). The maximum atomic E-state index is 12.8. The van der Waals surface area contributed by atoms with Crippen LogP contribution < -0.4 is 10.6 Å². The zero-order valence-electron chi connectivity index (χ0n) is 35.4. The predicted octanol–water partition coefficient (Wildman–Crippen LogP) is -3.38. The van der Waals surface area contributed by atoms with E-state index in [1.54, 1.807) is 0 Å². The SMILES string of the molecule is CC(=O)CSC(CC(=O)NCCOCCOCCOCC1OC2CCN(C(C)=O)[C@@H]2C(O)C1O)C(=O)NCCOCCOCCOCC1O[C@@H]2CCN(C(C)=O)[C@@H]2[C@@H](O)C1O. The molecule has 0 radical (unpaired) electrons. The molecule has 0 aromatic carbocycles. The lowest BCUT2D eigenvalue weighted by atomic mass is 9.93. The number of aliphatic hydroxyl groups excluding tert-OH is 4. The van der Waals surface area contributed by atoms with Crippen LogP contribution in [-0.2, 0) is 61.9 Å². The number of thioether (sulfide) groups is 1. The molecule has 4 amide bonds. The molecule has 7 unspecified atom stereocenters. The first kappa shape index (κ1) is 51.1. The van der Waals surface area contributed by atoms with Crippen LogP contribution in [0.1, 0.15) is 40.0 Å². The normalized spacial score (nSPS) is 28.9. The Balaban J connectivity index is 0.955. The Labute approximate surface area is 360 Å². The van der Waals surface area contributed by atoms with Crippen molar-refractivity contribution in [2.75, 3.05) is 111 Å². The number of nitrogens with one attached hydrogen (secondary N) is 2. The summed E-state index contributed by atoms with van der Waals surface area (Å²) in [6.45, 7) is 8.20. The Morgan fingerprint density at radius 3 is 1.44 bits per heavy atom. The average Bonchev–Trinajstić information content (AvgIpc) is 3.86. The molecule has 4 aliphatic heterocycles. The van der Waals surface area contributed by atoms with E-state index < -0.39 is 59.9 Å². The van der Waals surface area contributed by atoms with Gasteiger partial charge < -0.3 is 78.8 Å². The molecule has 4 fully saturated rings. The summed E-state index contributed by atoms with van der Waals surface area (Å²) in [7, 11) is 0. The average molecular weight is 895 g/mol. The van der Waals surface area contributed by atoms with Crippen molar-refractivity contribution in [2.24, 2.45) is 0 Å². The number of fused-ring (bicyclic) bond motifs is 2. The van der Waals surface area contributed by atoms with Gasteiger partial charge in [-0.05, 0) is 19.8 Å². The molecule has 4 aliphatic rings. The van der Waals surface area contributed by atoms with E-state index in [-0.39, 0.29) is 140 Å². The molecule has 350 valence electrons. The van der Waals surface area contributed by atoms with Crippen LogP contribution in [0.2, 0.25) is 0 Å². The third kappa shape index (κ3) is 16.2. The van der Waals surface area contributed by atoms with Crippen LogP contribution >= 0.6 is 11.8 Å². The van der Waals surface area contributed by atoms with Gasteiger partial charge >= 0.3 is 0 Å². The minimum Gasteiger partial charge on any atom is -0.388 e. The fourth-order valence-electron chi connectivity index (χ4n) is 7.73. The Morgan fingerprint density at radius 2 is 1.02 bits per heavy atom. The number of ether oxygens (including phenoxy) is 8. The van der Waals surface area contributed by atoms with Gasteiger partial charge in [0.05, 0.1) is 115 Å². The second-order valence-corrected chi connectivity index (χ2v) is 16.5. The highest BCUT2D eigenvalue weighted by Crippen LogP contribution is 2.33. The molecule has 6 N–H and O–H groups in total. The summed E-state index contributed by atoms with van der Waals surface area (Å²) in [5, 5.41) is 46.8. The minimum absolute atomic E-state index is 0.0608. The maximum absolute atomic E-state index is 12.8. The van der Waals surface area contributed by atoms with Crippen molar-refractivity contribution in [3.8, 4) is 0 Å². The van der Waals surface area contributed by atoms with Crippen LogP contribution in [0.4, 0.5) is 0 Å². The standard InChI is InChI=1S/C39H66N4O17S/c1-24(44)23-61-31(39(52)41-7-11-54-13-15-56-17-19-58-22-30-36(49)38(51)34-28(60-30)5-9-43(34)26(3)46)20-32(47)40-6-10-53-12-14-55-16-18-57-21-29-35(48)37(50)33-27(59-29)4-8-42(33)25(2)45/h27-31,33-38,48-51H,4-23H2,1-3H3,(H,40,47)(H,41,52)/t27?,28-,29?,30?,31?,33+,34+,35?,36?,37?,38-/m1/s1. The molecule has 0 bridgehead atoms. The van der Waals surface area contributed by atoms with E-state index in [4.69, 9.17) is 37.9 Å². The van der Waals surface area contributed by atoms with Crippen molar-refractivity contribution in [1.82, 2.24) is 20.4 Å². The van der Waals surface area contributed by atoms with Crippen molar-refractivity contribution >= 4 is 41.2 Å². The summed E-state index contributed by atoms with van der Waals surface area (Å²) >= 11 is 1.09. The highest BCUT2D eigenvalue weighted by Gasteiger charge is 2.52. The largest absolute Gasteiger partial charge is 0.388 e. The number of hydrogen-bond acceptors (Lipinski definition) is 18. The van der Waals surface area contributed by atoms with Gasteiger partial charge in [-0.2, -0.15) is 0 Å². The van der Waals surface area contributed by atoms with Gasteiger partial charge in [0.15, 0.2) is 0 Å². The van der Waals surface area contributed by atoms with Crippen LogP contribution in [0.25, 0.3) is 0 Å². The van der Waals surface area contributed by atoms with Gasteiger partial charge in [0.25, 0.3) is 0 Å². The van der Waals surface area contributed by atoms with Crippen LogP contribution in [0, 0.1) is 0 Å². The van der Waals surface area contributed by atoms with Crippen molar-refractivity contribution in [3.05, 3.63) is 0 Å². The first-order chi connectivity index (χ1) is 29.3. The molecule has 22 heteroatoms. The Hall–Kier alpha value is -2.58. The van der Waals surface area contributed by atoms with Gasteiger partial charge in [0.2, 0.25) is 23.6 Å². The maximum Gasteiger partial charge on any atom is 0.233 e. The number of aliphatic hydroxyl groups is 4. The molecule has 61 heavy (non-hydrogen) atoms. The van der Waals surface area contributed by atoms with Crippen LogP contribution in [-0.4, -0.2) is 237 Å². The summed E-state index contributed by atoms with van der Waals surface area (Å²) in [6.07, 6.45) is -5.71. The zero-order chi connectivity index (χ0) is 44.3. The second kappa shape index (κ2) is 26.9. The Morgan fingerprint density at radius 1 is 0.607 bits per heavy atom. The van der Waals surface area contributed by atoms with E-state index in [2.05, 4.69) is 10.6 Å². The van der Waals surface area contributed by atoms with Crippen LogP contribution in [0.15, 0.2) is 0 Å². The highest BCUT2D eigenvalue weighted by atomic mass is 32.2. The first-order valence-electron chi connectivity index (χ1n) is 21.0. The number of carbonyl (C=O) groups is 5. The molecule has 0 aliphatic carbocycles. The smallest absolute Gasteiger partial charge is 0.233 e. The van der Waals surface area contributed by atoms with Gasteiger partial charge in [0, 0.05) is 46.4 Å². The molecule has 0 aromatic rings. The number of nitrogens with zero attached hydrogens (tertiary/aromatic N) is 2. The quantitative estimate of drug-likeness (QED) is 0.0419. The lowest BCUT2D eigenvalue weighted by Crippen LogP contribution is -2.61. The van der Waals surface area contributed by atoms with E-state index in [1.165, 1.54) is 30.6 Å². The van der Waals surface area contributed by atoms with E-state index in [0.717, 1.165) is 11.8 Å². The lowest BCUT2D eigenvalue weighted by Gasteiger charge is -2.42. The molecular formula is C39H66N4O17S. The second-order valence-electron chi connectivity index (χ2n) is 15.3. The first-order valence-corrected chi connectivity index (χ1v) is 22.0. The molecule has 4 heterocycles. The summed E-state index contributed by atoms with van der Waals surface area (Å²) in [4.78, 5) is 63.7. The predicted molar refractivity (Wildman–Crippen MR) is 215 cm³/mol. The van der Waals surface area contributed by atoms with E-state index in [1.807, 2.05) is 0 Å². The van der Waals surface area contributed by atoms with E-state index in [9.17, 15) is 44.4 Å². The molecular weight excluding hydrogens is 829 g/mol. The third-order valence-corrected chi connectivity index (χ3v) is 12.1. The number of rotatable bonds is 28. The molecule has 4 saturated heterocycles. The van der Waals surface area contributed by atoms with Crippen molar-refractivity contribution in [1.29, 1.82) is 0 Å². The zero-order valence-corrected chi connectivity index (χ0v) is 36.2. The van der Waals surface area contributed by atoms with Crippen molar-refractivity contribution in [3.63, 3.8) is 0 Å². The lowest BCUT2D eigenvalue weighted by molar-refractivity contribution is -0.203. The highest BCUT2D eigenvalue weighted by molar-refractivity contribution is 8.01. The molecule has 11 atom stereocenters. The molecule has 0 spiro atoms. The Kier molecular flexibility index (Phi) is 22.5. The topological polar surface area (TPSA) is 271 Å². The van der Waals surface area contributed by atoms with Gasteiger partial charge in [-0.25, -0.2) is 0 Å². The summed E-state index contributed by atoms with van der Waals surface area (Å²) < 4.78 is 45.0. The molecule has 0 aromatic heterocycles. The fraction of sp³-hybridized carbons (Fsp3) is 0.872. The number of carbonyl (C=O) groups excluding carboxylic acids is 5. The summed E-state index contributed by atoms with van der Waals surface area (Å²) in [5.41, 5.74) is 0. The van der Waals surface area contributed by atoms with Crippen molar-refractivity contribution < 1.29 is 82.3 Å². The Bertz CT molecular complexity index is 1390. The van der Waals surface area contributed by atoms with Gasteiger partial charge in [-0.3, -0.25) is 24.0 Å². The van der Waals surface area contributed by atoms with Crippen LogP contribution in [0.5, 0.6) is 0 Å². The molecule has 0 saturated carbocycles. The third-order valence-electron chi connectivity index (χ3n) is 10.8. The molecule has 21 nitrogen and oxygen atoms in total. The monoisotopic (exact) mass is 894 g/mol. The van der Waals surface area contributed by atoms with E-state index >= 15 is 0 Å². The number of Topliss-reactive ketones (excluding diaryl/α,β-unsaturated/α-hetero) is 1. The van der Waals surface area contributed by atoms with Crippen molar-refractivity contribution in [2.45, 2.75) is 106 Å². The number of ketones is 1. The van der Waals surface area contributed by atoms with Crippen LogP contribution in [0.3, 0.4) is 0 Å². The van der Waals surface area contributed by atoms with Gasteiger partial charge in [-0.15, -0.1) is 11.8 Å². The minimum atomic E-state index is -1.19. The summed E-state index contributed by atoms with van der Waals surface area (Å²) in [5.74, 6) is -1.14. The number of likely N-dealkylation sites (tertiary alicyclic amines) is 2. The van der Waals surface area contributed by atoms with Gasteiger partial charge in [0.1, 0.15) is 42.4 Å².